The third-order valence-corrected chi connectivity index (χ3v) is 5.95. The zero-order valence-electron chi connectivity index (χ0n) is 17.8. The number of benzene rings is 2. The Morgan fingerprint density at radius 2 is 1.68 bits per heavy atom. The normalized spacial score (nSPS) is 11.2. The maximum atomic E-state index is 11.8. The summed E-state index contributed by atoms with van der Waals surface area (Å²) in [4.78, 5) is 14.4. The van der Waals surface area contributed by atoms with Gasteiger partial charge in [-0.25, -0.2) is 26.3 Å². The first-order chi connectivity index (χ1) is 14.8. The van der Waals surface area contributed by atoms with Crippen LogP contribution in [0.15, 0.2) is 47.4 Å². The maximum absolute atomic E-state index is 11.8. The first-order valence-electron chi connectivity index (χ1n) is 8.28. The fourth-order valence-electron chi connectivity index (χ4n) is 2.70. The van der Waals surface area contributed by atoms with Crippen LogP contribution in [0.5, 0.6) is 0 Å². The number of nitrogens with zero attached hydrogens (tertiary/aromatic N) is 2. The molecule has 0 saturated carbocycles. The Labute approximate surface area is 291 Å². The average Bonchev–Trinajstić information content (AvgIpc) is 3.07. The van der Waals surface area contributed by atoms with Gasteiger partial charge in [0, 0.05) is 13.1 Å². The van der Waals surface area contributed by atoms with Gasteiger partial charge in [-0.1, -0.05) is 35.3 Å². The van der Waals surface area contributed by atoms with Gasteiger partial charge >= 0.3 is 109 Å². The van der Waals surface area contributed by atoms with Gasteiger partial charge in [-0.05, 0) is 24.3 Å². The molecule has 0 aliphatic carbocycles. The van der Waals surface area contributed by atoms with Crippen LogP contribution in [0.4, 0.5) is 5.82 Å². The van der Waals surface area contributed by atoms with Crippen molar-refractivity contribution in [3.8, 4) is 16.9 Å². The van der Waals surface area contributed by atoms with Crippen molar-refractivity contribution < 1.29 is 141 Å². The molecule has 3 rings (SSSR count). The second-order valence-electron chi connectivity index (χ2n) is 6.34. The van der Waals surface area contributed by atoms with Crippen molar-refractivity contribution >= 4 is 55.1 Å². The van der Waals surface area contributed by atoms with Crippen LogP contribution in [0.2, 0.25) is 10.0 Å². The van der Waals surface area contributed by atoms with E-state index in [1.54, 1.807) is 0 Å². The van der Waals surface area contributed by atoms with Gasteiger partial charge in [0.25, 0.3) is 0 Å². The molecule has 0 atom stereocenters. The third kappa shape index (κ3) is 8.04. The number of hydrogen-bond acceptors (Lipinski definition) is 9. The van der Waals surface area contributed by atoms with Crippen LogP contribution in [-0.2, 0) is 25.0 Å². The fourth-order valence-corrected chi connectivity index (χ4v) is 4.39. The molecule has 0 spiro atoms. The molecule has 11 nitrogen and oxygen atoms in total. The Hall–Kier alpha value is 0.593. The van der Waals surface area contributed by atoms with E-state index in [9.17, 15) is 31.4 Å². The van der Waals surface area contributed by atoms with Crippen molar-refractivity contribution in [2.24, 2.45) is 0 Å². The van der Waals surface area contributed by atoms with Gasteiger partial charge in [-0.2, -0.15) is 5.10 Å². The molecule has 0 unspecified atom stereocenters. The minimum Gasteiger partial charge on any atom is -0.744 e. The minimum absolute atomic E-state index is 0. The number of aromatic nitrogens is 2. The van der Waals surface area contributed by atoms with Gasteiger partial charge in [0.15, 0.2) is 0 Å². The summed E-state index contributed by atoms with van der Waals surface area (Å²) in [5, 5.41) is 14.2. The molecular weight excluding hydrogens is 587 g/mol. The van der Waals surface area contributed by atoms with Crippen molar-refractivity contribution in [1.82, 2.24) is 9.78 Å². The van der Waals surface area contributed by atoms with Gasteiger partial charge in [-0.15, -0.1) is 0 Å². The molecule has 1 N–H and O–H groups in total. The van der Waals surface area contributed by atoms with Crippen LogP contribution >= 0.6 is 23.2 Å². The van der Waals surface area contributed by atoms with E-state index in [0.29, 0.717) is 0 Å². The van der Waals surface area contributed by atoms with Gasteiger partial charge in [0.05, 0.1) is 32.5 Å². The molecule has 0 fully saturated rings. The smallest absolute Gasteiger partial charge is 0.744 e. The number of carbonyl (C=O) groups is 1. The number of hydrogen-bond donors (Lipinski definition) is 1. The summed E-state index contributed by atoms with van der Waals surface area (Å²) in [5.74, 6) is -1.38. The summed E-state index contributed by atoms with van der Waals surface area (Å²) in [6.07, 6.45) is 0.880. The van der Waals surface area contributed by atoms with E-state index in [4.69, 9.17) is 23.2 Å². The van der Waals surface area contributed by atoms with Crippen LogP contribution in [0.1, 0.15) is 11.8 Å². The molecular formula is C17H13Cl2K2N3O8S2. The summed E-state index contributed by atoms with van der Waals surface area (Å²) >= 11 is 12.4. The fraction of sp³-hybridized carbons (Fsp3) is 0.0588. The van der Waals surface area contributed by atoms with Crippen molar-refractivity contribution in [2.45, 2.75) is 4.90 Å². The monoisotopic (exact) mass is 599 g/mol. The Balaban J connectivity index is 0.00000385. The summed E-state index contributed by atoms with van der Waals surface area (Å²) in [7, 11) is -8.57. The summed E-state index contributed by atoms with van der Waals surface area (Å²) in [5.41, 5.74) is -0.0641. The van der Waals surface area contributed by atoms with E-state index in [2.05, 4.69) is 14.7 Å². The van der Waals surface area contributed by atoms with Crippen LogP contribution in [0, 0.1) is 0 Å². The van der Waals surface area contributed by atoms with Crippen molar-refractivity contribution in [2.75, 3.05) is 11.0 Å². The Morgan fingerprint density at radius 1 is 1.09 bits per heavy atom. The molecule has 172 valence electrons. The molecule has 1 aromatic heterocycles. The second-order valence-corrected chi connectivity index (χ2v) is 10.3. The second kappa shape index (κ2) is 12.9. The van der Waals surface area contributed by atoms with Crippen LogP contribution in [0.25, 0.3) is 16.9 Å². The molecule has 1 heterocycles. The predicted octanol–water partition coefficient (Wildman–Crippen LogP) is -4.19. The van der Waals surface area contributed by atoms with E-state index in [1.165, 1.54) is 18.2 Å². The van der Waals surface area contributed by atoms with E-state index in [0.717, 1.165) is 35.2 Å². The molecule has 0 amide bonds. The van der Waals surface area contributed by atoms with E-state index in [1.807, 2.05) is 0 Å². The summed E-state index contributed by atoms with van der Waals surface area (Å²) < 4.78 is 60.9. The van der Waals surface area contributed by atoms with Gasteiger partial charge in [0.2, 0.25) is 10.0 Å². The number of rotatable bonds is 6. The molecule has 0 saturated heterocycles. The van der Waals surface area contributed by atoms with Crippen LogP contribution in [0.3, 0.4) is 0 Å². The predicted molar refractivity (Wildman–Crippen MR) is 113 cm³/mol. The van der Waals surface area contributed by atoms with Crippen LogP contribution in [-0.4, -0.2) is 43.4 Å². The molecule has 0 aliphatic heterocycles. The molecule has 17 heteroatoms. The van der Waals surface area contributed by atoms with Crippen molar-refractivity contribution in [3.05, 3.63) is 58.1 Å². The Bertz CT molecular complexity index is 1430. The number of halogens is 2. The largest absolute Gasteiger partial charge is 1.00 e. The molecule has 0 radical (unpaired) electrons. The first-order valence-corrected chi connectivity index (χ1v) is 12.3. The van der Waals surface area contributed by atoms with Gasteiger partial charge in [0.1, 0.15) is 21.6 Å². The van der Waals surface area contributed by atoms with E-state index < -0.39 is 31.0 Å². The quantitative estimate of drug-likeness (QED) is 0.128. The van der Waals surface area contributed by atoms with E-state index >= 15 is 0 Å². The average molecular weight is 601 g/mol. The minimum atomic E-state index is -4.75. The maximum Gasteiger partial charge on any atom is 1.00 e. The van der Waals surface area contributed by atoms with Gasteiger partial charge in [-0.3, -0.25) is 4.72 Å². The number of nitrogens with one attached hydrogen (secondary N) is 1. The SMILES string of the molecule is CS(=O)(=O)Nc1cc(-c2cccc(S(=O)(=O)[O-])c2)nn1-c1c(Cl)cc(C(=O)O[O-])cc1Cl.[HH].[K+].[K+]. The first kappa shape index (κ1) is 32.6. The molecule has 0 aliphatic rings. The third-order valence-electron chi connectivity index (χ3n) is 3.96. The van der Waals surface area contributed by atoms with Crippen LogP contribution < -0.4 is 113 Å². The number of carbonyl (C=O) groups excluding carboxylic acids is 1. The summed E-state index contributed by atoms with van der Waals surface area (Å²) in [6.45, 7) is 0. The summed E-state index contributed by atoms with van der Waals surface area (Å²) in [6, 6.07) is 8.31. The molecule has 34 heavy (non-hydrogen) atoms. The Kier molecular flexibility index (Phi) is 12.4. The number of anilines is 1. The zero-order chi connectivity index (χ0) is 23.8. The number of sulfonamides is 1. The van der Waals surface area contributed by atoms with Crippen molar-refractivity contribution in [1.29, 1.82) is 0 Å². The topological polar surface area (TPSA) is 171 Å². The van der Waals surface area contributed by atoms with Crippen molar-refractivity contribution in [3.63, 3.8) is 0 Å². The van der Waals surface area contributed by atoms with Gasteiger partial charge < -0.3 is 14.7 Å². The Morgan fingerprint density at radius 3 is 2.18 bits per heavy atom. The zero-order valence-corrected chi connectivity index (χ0v) is 27.2. The molecule has 0 bridgehead atoms. The molecule has 3 aromatic rings. The standard InChI is InChI=1S/C17H13Cl2N3O8S2.2K.H2/c1-31(25,26)21-15-8-14(9-3-2-4-11(5-9)32(27,28)29)20-22(15)16-12(18)6-10(7-13(16)19)17(23)30-24;;;/h2-8,21,24H,1H3,(H,27,28,29);;;1H/q;2*+1;/p-2. The molecule has 2 aromatic carbocycles. The van der Waals surface area contributed by atoms with E-state index in [-0.39, 0.29) is 143 Å².